The standard InChI is InChI=1S/C18H26N2O2/c1-4-9-19(10-5-2)18(22)15-12-17(21)20(13-15)16-8-6-7-14(3)11-16/h6-8,11,15H,4-5,9-10,12-13H2,1-3H3/t15-/m0/s1. The SMILES string of the molecule is CCCN(CCC)C(=O)[C@H]1CC(=O)N(c2cccc(C)c2)C1. The highest BCUT2D eigenvalue weighted by Crippen LogP contribution is 2.27. The van der Waals surface area contributed by atoms with Crippen molar-refractivity contribution in [2.45, 2.75) is 40.0 Å². The summed E-state index contributed by atoms with van der Waals surface area (Å²) in [5.74, 6) is -0.0183. The van der Waals surface area contributed by atoms with Gasteiger partial charge in [-0.25, -0.2) is 0 Å². The topological polar surface area (TPSA) is 40.6 Å². The van der Waals surface area contributed by atoms with Gasteiger partial charge in [-0.15, -0.1) is 0 Å². The Morgan fingerprint density at radius 2 is 1.95 bits per heavy atom. The van der Waals surface area contributed by atoms with E-state index in [1.165, 1.54) is 0 Å². The Morgan fingerprint density at radius 1 is 1.27 bits per heavy atom. The normalized spacial score (nSPS) is 17.9. The zero-order valence-corrected chi connectivity index (χ0v) is 13.8. The first kappa shape index (κ1) is 16.5. The van der Waals surface area contributed by atoms with E-state index in [0.29, 0.717) is 13.0 Å². The predicted octanol–water partition coefficient (Wildman–Crippen LogP) is 3.00. The first-order chi connectivity index (χ1) is 10.6. The van der Waals surface area contributed by atoms with Crippen LogP contribution in [-0.4, -0.2) is 36.3 Å². The molecule has 1 aliphatic rings. The summed E-state index contributed by atoms with van der Waals surface area (Å²) in [5, 5.41) is 0. The largest absolute Gasteiger partial charge is 0.342 e. The number of hydrogen-bond acceptors (Lipinski definition) is 2. The van der Waals surface area contributed by atoms with Gasteiger partial charge in [0.25, 0.3) is 0 Å². The van der Waals surface area contributed by atoms with E-state index in [4.69, 9.17) is 0 Å². The minimum absolute atomic E-state index is 0.0527. The van der Waals surface area contributed by atoms with Gasteiger partial charge in [0.2, 0.25) is 11.8 Å². The summed E-state index contributed by atoms with van der Waals surface area (Å²) in [6.07, 6.45) is 2.23. The number of carbonyl (C=O) groups excluding carboxylic acids is 2. The van der Waals surface area contributed by atoms with E-state index in [0.717, 1.165) is 37.2 Å². The van der Waals surface area contributed by atoms with E-state index < -0.39 is 0 Å². The van der Waals surface area contributed by atoms with Crippen molar-refractivity contribution in [3.05, 3.63) is 29.8 Å². The highest BCUT2D eigenvalue weighted by atomic mass is 16.2. The van der Waals surface area contributed by atoms with E-state index in [2.05, 4.69) is 13.8 Å². The summed E-state index contributed by atoms with van der Waals surface area (Å²) >= 11 is 0. The van der Waals surface area contributed by atoms with Crippen molar-refractivity contribution in [2.24, 2.45) is 5.92 Å². The summed E-state index contributed by atoms with van der Waals surface area (Å²) in [7, 11) is 0. The van der Waals surface area contributed by atoms with Gasteiger partial charge in [-0.2, -0.15) is 0 Å². The predicted molar refractivity (Wildman–Crippen MR) is 88.8 cm³/mol. The fraction of sp³-hybridized carbons (Fsp3) is 0.556. The molecule has 0 aliphatic carbocycles. The van der Waals surface area contributed by atoms with Crippen LogP contribution in [0, 0.1) is 12.8 Å². The smallest absolute Gasteiger partial charge is 0.228 e. The average molecular weight is 302 g/mol. The summed E-state index contributed by atoms with van der Waals surface area (Å²) in [6.45, 7) is 8.23. The molecule has 0 saturated carbocycles. The molecule has 120 valence electrons. The Kier molecular flexibility index (Phi) is 5.58. The number of nitrogens with zero attached hydrogens (tertiary/aromatic N) is 2. The van der Waals surface area contributed by atoms with Crippen molar-refractivity contribution in [2.75, 3.05) is 24.5 Å². The molecule has 0 bridgehead atoms. The van der Waals surface area contributed by atoms with Gasteiger partial charge >= 0.3 is 0 Å². The fourth-order valence-corrected chi connectivity index (χ4v) is 3.05. The van der Waals surface area contributed by atoms with Gasteiger partial charge < -0.3 is 9.80 Å². The Hall–Kier alpha value is -1.84. The summed E-state index contributed by atoms with van der Waals surface area (Å²) in [6, 6.07) is 7.90. The number of rotatable bonds is 6. The number of amides is 2. The minimum atomic E-state index is -0.203. The Bertz CT molecular complexity index is 536. The first-order valence-corrected chi connectivity index (χ1v) is 8.22. The molecule has 0 N–H and O–H groups in total. The van der Waals surface area contributed by atoms with E-state index in [1.807, 2.05) is 36.1 Å². The lowest BCUT2D eigenvalue weighted by Gasteiger charge is -2.24. The number of anilines is 1. The molecule has 0 aromatic heterocycles. The van der Waals surface area contributed by atoms with Crippen molar-refractivity contribution in [3.63, 3.8) is 0 Å². The van der Waals surface area contributed by atoms with Gasteiger partial charge in [-0.1, -0.05) is 26.0 Å². The van der Waals surface area contributed by atoms with E-state index >= 15 is 0 Å². The van der Waals surface area contributed by atoms with Crippen LogP contribution < -0.4 is 4.90 Å². The molecule has 1 heterocycles. The maximum atomic E-state index is 12.7. The Labute approximate surface area is 133 Å². The van der Waals surface area contributed by atoms with Crippen LogP contribution in [-0.2, 0) is 9.59 Å². The van der Waals surface area contributed by atoms with E-state index in [1.54, 1.807) is 4.90 Å². The van der Waals surface area contributed by atoms with Crippen LogP contribution >= 0.6 is 0 Å². The van der Waals surface area contributed by atoms with Crippen LogP contribution in [0.4, 0.5) is 5.69 Å². The molecule has 22 heavy (non-hydrogen) atoms. The lowest BCUT2D eigenvalue weighted by Crippen LogP contribution is -2.38. The third-order valence-electron chi connectivity index (χ3n) is 4.09. The molecule has 2 amide bonds. The fourth-order valence-electron chi connectivity index (χ4n) is 3.05. The zero-order valence-electron chi connectivity index (χ0n) is 13.8. The summed E-state index contributed by atoms with van der Waals surface area (Å²) < 4.78 is 0. The molecule has 1 saturated heterocycles. The van der Waals surface area contributed by atoms with Crippen molar-refractivity contribution < 1.29 is 9.59 Å². The van der Waals surface area contributed by atoms with Crippen LogP contribution in [0.2, 0.25) is 0 Å². The summed E-state index contributed by atoms with van der Waals surface area (Å²) in [4.78, 5) is 28.6. The van der Waals surface area contributed by atoms with Crippen LogP contribution in [0.1, 0.15) is 38.7 Å². The van der Waals surface area contributed by atoms with E-state index in [9.17, 15) is 9.59 Å². The Morgan fingerprint density at radius 3 is 2.55 bits per heavy atom. The van der Waals surface area contributed by atoms with Gasteiger partial charge in [-0.3, -0.25) is 9.59 Å². The van der Waals surface area contributed by atoms with Crippen LogP contribution in [0.15, 0.2) is 24.3 Å². The summed E-state index contributed by atoms with van der Waals surface area (Å²) in [5.41, 5.74) is 2.02. The molecule has 4 heteroatoms. The van der Waals surface area contributed by atoms with Crippen LogP contribution in [0.5, 0.6) is 0 Å². The lowest BCUT2D eigenvalue weighted by molar-refractivity contribution is -0.135. The van der Waals surface area contributed by atoms with Gasteiger partial charge in [0.05, 0.1) is 5.92 Å². The number of benzene rings is 1. The number of hydrogen-bond donors (Lipinski definition) is 0. The molecule has 0 unspecified atom stereocenters. The monoisotopic (exact) mass is 302 g/mol. The quantitative estimate of drug-likeness (QED) is 0.810. The Balaban J connectivity index is 2.09. The maximum absolute atomic E-state index is 12.7. The molecule has 1 aromatic rings. The molecule has 1 aliphatic heterocycles. The molecule has 1 atom stereocenters. The van der Waals surface area contributed by atoms with Crippen molar-refractivity contribution in [3.8, 4) is 0 Å². The maximum Gasteiger partial charge on any atom is 0.228 e. The average Bonchev–Trinajstić information content (AvgIpc) is 2.88. The second-order valence-electron chi connectivity index (χ2n) is 6.07. The van der Waals surface area contributed by atoms with Crippen molar-refractivity contribution >= 4 is 17.5 Å². The van der Waals surface area contributed by atoms with Crippen molar-refractivity contribution in [1.29, 1.82) is 0 Å². The van der Waals surface area contributed by atoms with Crippen LogP contribution in [0.25, 0.3) is 0 Å². The third kappa shape index (κ3) is 3.67. The third-order valence-corrected chi connectivity index (χ3v) is 4.09. The van der Waals surface area contributed by atoms with Gasteiger partial charge in [0, 0.05) is 31.7 Å². The molecule has 4 nitrogen and oxygen atoms in total. The van der Waals surface area contributed by atoms with Gasteiger partial charge in [0.1, 0.15) is 0 Å². The molecule has 0 spiro atoms. The second-order valence-corrected chi connectivity index (χ2v) is 6.07. The first-order valence-electron chi connectivity index (χ1n) is 8.22. The molecule has 1 aromatic carbocycles. The van der Waals surface area contributed by atoms with Crippen molar-refractivity contribution in [1.82, 2.24) is 4.90 Å². The number of carbonyl (C=O) groups is 2. The highest BCUT2D eigenvalue weighted by Gasteiger charge is 2.36. The second kappa shape index (κ2) is 7.43. The van der Waals surface area contributed by atoms with Gasteiger partial charge in [0.15, 0.2) is 0 Å². The molecule has 2 rings (SSSR count). The lowest BCUT2D eigenvalue weighted by atomic mass is 10.1. The highest BCUT2D eigenvalue weighted by molar-refractivity contribution is 6.00. The van der Waals surface area contributed by atoms with Crippen LogP contribution in [0.3, 0.4) is 0 Å². The molecular formula is C18H26N2O2. The molecule has 1 fully saturated rings. The zero-order chi connectivity index (χ0) is 16.1. The van der Waals surface area contributed by atoms with E-state index in [-0.39, 0.29) is 17.7 Å². The molecule has 0 radical (unpaired) electrons. The minimum Gasteiger partial charge on any atom is -0.342 e. The molecular weight excluding hydrogens is 276 g/mol. The number of aryl methyl sites for hydroxylation is 1. The van der Waals surface area contributed by atoms with Gasteiger partial charge in [-0.05, 0) is 37.5 Å².